The number of nitrogens with one attached hydrogen (secondary N) is 1. The van der Waals surface area contributed by atoms with E-state index in [0.29, 0.717) is 12.1 Å². The van der Waals surface area contributed by atoms with Gasteiger partial charge in [0.2, 0.25) is 0 Å². The fraction of sp³-hybridized carbons (Fsp3) is 0.316. The van der Waals surface area contributed by atoms with E-state index >= 15 is 0 Å². The second kappa shape index (κ2) is 6.52. The van der Waals surface area contributed by atoms with Crippen molar-refractivity contribution in [2.24, 2.45) is 5.16 Å². The van der Waals surface area contributed by atoms with E-state index in [-0.39, 0.29) is 12.1 Å². The third-order valence-corrected chi connectivity index (χ3v) is 4.50. The Labute approximate surface area is 136 Å². The average molecular weight is 310 g/mol. The van der Waals surface area contributed by atoms with Crippen molar-refractivity contribution in [2.75, 3.05) is 0 Å². The number of hydrogen-bond acceptors (Lipinski definition) is 4. The Kier molecular flexibility index (Phi) is 4.46. The number of nitrogens with zero attached hydrogens (tertiary/aromatic N) is 1. The van der Waals surface area contributed by atoms with Crippen molar-refractivity contribution < 1.29 is 10.3 Å². The van der Waals surface area contributed by atoms with Crippen molar-refractivity contribution in [1.29, 1.82) is 0 Å². The highest BCUT2D eigenvalue weighted by Gasteiger charge is 2.35. The molecular weight excluding hydrogens is 288 g/mol. The molecule has 2 aromatic carbocycles. The van der Waals surface area contributed by atoms with E-state index in [1.54, 1.807) is 0 Å². The highest BCUT2D eigenvalue weighted by atomic mass is 16.4. The van der Waals surface area contributed by atoms with Gasteiger partial charge in [-0.05, 0) is 25.0 Å². The maximum atomic E-state index is 10.5. The number of aryl methyl sites for hydroxylation is 2. The molecule has 1 aliphatic rings. The van der Waals surface area contributed by atoms with E-state index < -0.39 is 6.10 Å². The molecule has 2 aromatic rings. The highest BCUT2D eigenvalue weighted by molar-refractivity contribution is 5.90. The van der Waals surface area contributed by atoms with Gasteiger partial charge < -0.3 is 15.6 Å². The van der Waals surface area contributed by atoms with Crippen LogP contribution < -0.4 is 5.32 Å². The van der Waals surface area contributed by atoms with Gasteiger partial charge in [0, 0.05) is 12.5 Å². The number of hydrogen-bond donors (Lipinski definition) is 3. The third-order valence-electron chi connectivity index (χ3n) is 4.50. The van der Waals surface area contributed by atoms with Gasteiger partial charge >= 0.3 is 0 Å². The third kappa shape index (κ3) is 3.28. The molecule has 1 saturated heterocycles. The Morgan fingerprint density at radius 3 is 1.96 bits per heavy atom. The molecule has 0 aromatic heterocycles. The fourth-order valence-electron chi connectivity index (χ4n) is 3.05. The Hall–Kier alpha value is -2.17. The van der Waals surface area contributed by atoms with Gasteiger partial charge in [-0.2, -0.15) is 0 Å². The summed E-state index contributed by atoms with van der Waals surface area (Å²) in [7, 11) is 0. The summed E-state index contributed by atoms with van der Waals surface area (Å²) in [6, 6.07) is 16.1. The van der Waals surface area contributed by atoms with Crippen LogP contribution in [0.5, 0.6) is 0 Å². The van der Waals surface area contributed by atoms with Gasteiger partial charge in [-0.1, -0.05) is 64.8 Å². The van der Waals surface area contributed by atoms with Gasteiger partial charge in [0.25, 0.3) is 0 Å². The van der Waals surface area contributed by atoms with Gasteiger partial charge in [0.15, 0.2) is 0 Å². The molecule has 3 rings (SSSR count). The largest absolute Gasteiger partial charge is 0.411 e. The van der Waals surface area contributed by atoms with Crippen LogP contribution in [0.1, 0.15) is 40.8 Å². The molecule has 3 unspecified atom stereocenters. The van der Waals surface area contributed by atoms with Crippen molar-refractivity contribution in [3.63, 3.8) is 0 Å². The Morgan fingerprint density at radius 2 is 1.43 bits per heavy atom. The van der Waals surface area contributed by atoms with E-state index in [9.17, 15) is 10.3 Å². The first-order valence-electron chi connectivity index (χ1n) is 7.86. The number of aliphatic hydroxyl groups is 1. The molecule has 1 fully saturated rings. The average Bonchev–Trinajstić information content (AvgIpc) is 2.57. The summed E-state index contributed by atoms with van der Waals surface area (Å²) in [4.78, 5) is 0. The normalized spacial score (nSPS) is 26.4. The van der Waals surface area contributed by atoms with Crippen LogP contribution in [0.2, 0.25) is 0 Å². The zero-order valence-corrected chi connectivity index (χ0v) is 13.4. The van der Waals surface area contributed by atoms with Crippen LogP contribution >= 0.6 is 0 Å². The van der Waals surface area contributed by atoms with Crippen LogP contribution in [0.15, 0.2) is 53.7 Å². The molecule has 1 heterocycles. The van der Waals surface area contributed by atoms with E-state index in [2.05, 4.69) is 41.7 Å². The predicted molar refractivity (Wildman–Crippen MR) is 90.8 cm³/mol. The van der Waals surface area contributed by atoms with E-state index in [4.69, 9.17) is 0 Å². The van der Waals surface area contributed by atoms with E-state index in [1.165, 1.54) is 11.1 Å². The lowest BCUT2D eigenvalue weighted by Crippen LogP contribution is -2.45. The number of rotatable bonds is 2. The van der Waals surface area contributed by atoms with Gasteiger partial charge in [0.1, 0.15) is 6.10 Å². The summed E-state index contributed by atoms with van der Waals surface area (Å²) in [5.74, 6) is 0. The summed E-state index contributed by atoms with van der Waals surface area (Å²) >= 11 is 0. The maximum absolute atomic E-state index is 10.5. The Balaban J connectivity index is 1.92. The Morgan fingerprint density at radius 1 is 0.913 bits per heavy atom. The first-order chi connectivity index (χ1) is 11.1. The van der Waals surface area contributed by atoms with Crippen molar-refractivity contribution in [1.82, 2.24) is 5.32 Å². The van der Waals surface area contributed by atoms with Gasteiger partial charge in [0.05, 0.1) is 11.8 Å². The number of aliphatic hydroxyl groups excluding tert-OH is 1. The van der Waals surface area contributed by atoms with E-state index in [0.717, 1.165) is 11.1 Å². The molecule has 0 aliphatic carbocycles. The van der Waals surface area contributed by atoms with Gasteiger partial charge in [-0.3, -0.25) is 0 Å². The molecule has 23 heavy (non-hydrogen) atoms. The minimum atomic E-state index is -0.829. The second-order valence-electron chi connectivity index (χ2n) is 6.26. The minimum Gasteiger partial charge on any atom is -0.411 e. The summed E-state index contributed by atoms with van der Waals surface area (Å²) in [5, 5.41) is 26.6. The van der Waals surface area contributed by atoms with Crippen LogP contribution in [0.3, 0.4) is 0 Å². The molecule has 0 radical (unpaired) electrons. The van der Waals surface area contributed by atoms with Crippen molar-refractivity contribution >= 4 is 5.71 Å². The molecule has 1 aliphatic heterocycles. The van der Waals surface area contributed by atoms with Crippen molar-refractivity contribution in [2.45, 2.75) is 38.5 Å². The molecule has 0 spiro atoms. The predicted octanol–water partition coefficient (Wildman–Crippen LogP) is 3.27. The van der Waals surface area contributed by atoms with Gasteiger partial charge in [-0.25, -0.2) is 0 Å². The number of piperidine rings is 1. The quantitative estimate of drug-likeness (QED) is 0.589. The lowest BCUT2D eigenvalue weighted by molar-refractivity contribution is 0.155. The van der Waals surface area contributed by atoms with Crippen LogP contribution in [0, 0.1) is 13.8 Å². The molecule has 3 N–H and O–H groups in total. The van der Waals surface area contributed by atoms with Crippen LogP contribution in [-0.4, -0.2) is 22.1 Å². The summed E-state index contributed by atoms with van der Waals surface area (Å²) in [6.07, 6.45) is -0.340. The molecule has 4 heteroatoms. The first kappa shape index (κ1) is 15.7. The molecule has 0 amide bonds. The maximum Gasteiger partial charge on any atom is 0.115 e. The number of oxime groups is 1. The zero-order valence-electron chi connectivity index (χ0n) is 13.4. The highest BCUT2D eigenvalue weighted by Crippen LogP contribution is 2.32. The summed E-state index contributed by atoms with van der Waals surface area (Å²) in [6.45, 7) is 4.09. The first-order valence-corrected chi connectivity index (χ1v) is 7.86. The monoisotopic (exact) mass is 310 g/mol. The summed E-state index contributed by atoms with van der Waals surface area (Å²) < 4.78 is 0. The number of benzene rings is 2. The second-order valence-corrected chi connectivity index (χ2v) is 6.26. The lowest BCUT2D eigenvalue weighted by atomic mass is 9.86. The molecule has 120 valence electrons. The van der Waals surface area contributed by atoms with Gasteiger partial charge in [-0.15, -0.1) is 0 Å². The van der Waals surface area contributed by atoms with Crippen LogP contribution in [-0.2, 0) is 0 Å². The smallest absolute Gasteiger partial charge is 0.115 e. The van der Waals surface area contributed by atoms with Crippen molar-refractivity contribution in [3.8, 4) is 0 Å². The van der Waals surface area contributed by atoms with Crippen molar-refractivity contribution in [3.05, 3.63) is 70.8 Å². The zero-order chi connectivity index (χ0) is 16.4. The standard InChI is InChI=1S/C19H22N2O2/c1-12-3-7-14(8-4-12)16-11-17(21-23)19(22)18(20-16)15-9-5-13(2)6-10-15/h3-10,16,18-20,22-23H,11H2,1-2H3/b21-17-. The summed E-state index contributed by atoms with van der Waals surface area (Å²) in [5.41, 5.74) is 4.91. The van der Waals surface area contributed by atoms with E-state index in [1.807, 2.05) is 31.2 Å². The molecule has 0 bridgehead atoms. The molecule has 3 atom stereocenters. The molecular formula is C19H22N2O2. The SMILES string of the molecule is Cc1ccc(C2C/C(=N/O)C(O)C(c3ccc(C)cc3)N2)cc1. The van der Waals surface area contributed by atoms with Crippen LogP contribution in [0.4, 0.5) is 0 Å². The molecule has 4 nitrogen and oxygen atoms in total. The molecule has 0 saturated carbocycles. The lowest BCUT2D eigenvalue weighted by Gasteiger charge is -2.36. The Bertz CT molecular complexity index is 692. The van der Waals surface area contributed by atoms with Crippen LogP contribution in [0.25, 0.3) is 0 Å². The topological polar surface area (TPSA) is 64.9 Å². The minimum absolute atomic E-state index is 0.0104. The fourth-order valence-corrected chi connectivity index (χ4v) is 3.05.